The van der Waals surface area contributed by atoms with Crippen LogP contribution in [-0.4, -0.2) is 16.0 Å². The molecule has 29 heavy (non-hydrogen) atoms. The van der Waals surface area contributed by atoms with Gasteiger partial charge in [0, 0.05) is 19.6 Å². The van der Waals surface area contributed by atoms with Crippen molar-refractivity contribution in [3.63, 3.8) is 0 Å². The second kappa shape index (κ2) is 8.99. The molecule has 1 saturated heterocycles. The van der Waals surface area contributed by atoms with Gasteiger partial charge in [0.2, 0.25) is 0 Å². The van der Waals surface area contributed by atoms with E-state index in [2.05, 4.69) is 22.6 Å². The zero-order valence-corrected chi connectivity index (χ0v) is 19.3. The maximum Gasteiger partial charge on any atom is 0.293 e. The Morgan fingerprint density at radius 2 is 1.76 bits per heavy atom. The molecule has 0 aliphatic carbocycles. The molecule has 1 aromatic heterocycles. The Kier molecular flexibility index (Phi) is 6.38. The van der Waals surface area contributed by atoms with Crippen LogP contribution in [-0.2, 0) is 11.3 Å². The van der Waals surface area contributed by atoms with Crippen molar-refractivity contribution in [1.82, 2.24) is 4.90 Å². The normalized spacial score (nSPS) is 15.5. The summed E-state index contributed by atoms with van der Waals surface area (Å²) in [5.74, 6) is 0.225. The Labute approximate surface area is 194 Å². The molecule has 4 nitrogen and oxygen atoms in total. The fourth-order valence-corrected chi connectivity index (χ4v) is 4.71. The van der Waals surface area contributed by atoms with Crippen LogP contribution >= 0.6 is 57.7 Å². The number of hydrogen-bond acceptors (Lipinski definition) is 5. The zero-order valence-electron chi connectivity index (χ0n) is 14.8. The summed E-state index contributed by atoms with van der Waals surface area (Å²) in [4.78, 5) is 27.6. The van der Waals surface area contributed by atoms with Crippen LogP contribution in [0, 0.1) is 3.57 Å². The molecule has 0 bridgehead atoms. The lowest BCUT2D eigenvalue weighted by Crippen LogP contribution is -2.27. The molecule has 4 rings (SSSR count). The van der Waals surface area contributed by atoms with Gasteiger partial charge in [-0.25, -0.2) is 0 Å². The van der Waals surface area contributed by atoms with E-state index in [-0.39, 0.29) is 17.7 Å². The molecule has 2 aromatic carbocycles. The fourth-order valence-electron chi connectivity index (χ4n) is 2.62. The van der Waals surface area contributed by atoms with Crippen LogP contribution in [0.15, 0.2) is 80.0 Å². The van der Waals surface area contributed by atoms with Gasteiger partial charge in [-0.1, -0.05) is 35.5 Å². The van der Waals surface area contributed by atoms with Crippen molar-refractivity contribution in [2.24, 2.45) is 0 Å². The Morgan fingerprint density at radius 3 is 2.48 bits per heavy atom. The lowest BCUT2D eigenvalue weighted by Gasteiger charge is -2.12. The van der Waals surface area contributed by atoms with Crippen molar-refractivity contribution in [2.45, 2.75) is 16.5 Å². The van der Waals surface area contributed by atoms with E-state index in [1.54, 1.807) is 12.1 Å². The summed E-state index contributed by atoms with van der Waals surface area (Å²) in [5.41, 5.74) is 0.911. The van der Waals surface area contributed by atoms with Gasteiger partial charge in [0.1, 0.15) is 5.76 Å². The highest BCUT2D eigenvalue weighted by molar-refractivity contribution is 14.1. The van der Waals surface area contributed by atoms with Gasteiger partial charge < -0.3 is 4.42 Å². The first-order chi connectivity index (χ1) is 14.0. The molecule has 0 spiro atoms. The van der Waals surface area contributed by atoms with Gasteiger partial charge in [-0.05, 0) is 88.4 Å². The minimum absolute atomic E-state index is 0.259. The summed E-state index contributed by atoms with van der Waals surface area (Å²) in [5, 5.41) is 1.09. The minimum atomic E-state index is -0.304. The smallest absolute Gasteiger partial charge is 0.293 e. The monoisotopic (exact) mass is 553 g/mol. The Hall–Kier alpha value is -1.68. The predicted molar refractivity (Wildman–Crippen MR) is 125 cm³/mol. The fraction of sp³-hybridized carbons (Fsp3) is 0.0476. The highest BCUT2D eigenvalue weighted by Gasteiger charge is 2.35. The average Bonchev–Trinajstić information content (AvgIpc) is 3.25. The molecule has 0 unspecified atom stereocenters. The number of furan rings is 1. The molecule has 1 aliphatic heterocycles. The quantitative estimate of drug-likeness (QED) is 0.253. The molecular formula is C21H13ClINO3S2. The van der Waals surface area contributed by atoms with E-state index >= 15 is 0 Å². The third kappa shape index (κ3) is 5.09. The van der Waals surface area contributed by atoms with Gasteiger partial charge >= 0.3 is 0 Å². The zero-order chi connectivity index (χ0) is 20.4. The van der Waals surface area contributed by atoms with Crippen molar-refractivity contribution in [3.8, 4) is 0 Å². The van der Waals surface area contributed by atoms with Crippen LogP contribution in [0.5, 0.6) is 0 Å². The second-order valence-corrected chi connectivity index (χ2v) is 9.86. The molecule has 2 amide bonds. The minimum Gasteiger partial charge on any atom is -0.450 e. The first-order valence-corrected chi connectivity index (χ1v) is 11.6. The summed E-state index contributed by atoms with van der Waals surface area (Å²) in [6.45, 7) is 0.259. The van der Waals surface area contributed by atoms with Crippen molar-refractivity contribution in [1.29, 1.82) is 0 Å². The standard InChI is InChI=1S/C21H13ClINO3S2/c22-14-3-8-17(9-4-14)28-19-10-7-16(27-19)11-18-20(25)24(21(26)29-18)12-13-1-5-15(23)6-2-13/h1-11H,12H2/b18-11-. The molecule has 1 aliphatic rings. The summed E-state index contributed by atoms with van der Waals surface area (Å²) in [6.07, 6.45) is 1.62. The SMILES string of the molecule is O=C1S/C(=C\c2ccc(Sc3ccc(Cl)cc3)o2)C(=O)N1Cc1ccc(I)cc1. The van der Waals surface area contributed by atoms with Gasteiger partial charge in [0.05, 0.1) is 11.4 Å². The molecule has 3 aromatic rings. The van der Waals surface area contributed by atoms with Crippen molar-refractivity contribution in [3.05, 3.63) is 85.5 Å². The van der Waals surface area contributed by atoms with Crippen LogP contribution in [0.25, 0.3) is 6.08 Å². The van der Waals surface area contributed by atoms with Gasteiger partial charge in [-0.2, -0.15) is 0 Å². The number of amides is 2. The summed E-state index contributed by atoms with van der Waals surface area (Å²) in [6, 6.07) is 18.8. The van der Waals surface area contributed by atoms with E-state index in [0.717, 1.165) is 25.8 Å². The van der Waals surface area contributed by atoms with E-state index < -0.39 is 0 Å². The number of nitrogens with zero attached hydrogens (tertiary/aromatic N) is 1. The number of carbonyl (C=O) groups excluding carboxylic acids is 2. The van der Waals surface area contributed by atoms with Crippen molar-refractivity contribution < 1.29 is 14.0 Å². The lowest BCUT2D eigenvalue weighted by molar-refractivity contribution is -0.123. The molecule has 1 fully saturated rings. The third-order valence-electron chi connectivity index (χ3n) is 4.04. The maximum absolute atomic E-state index is 12.7. The summed E-state index contributed by atoms with van der Waals surface area (Å²) in [7, 11) is 0. The topological polar surface area (TPSA) is 50.5 Å². The van der Waals surface area contributed by atoms with Gasteiger partial charge in [-0.15, -0.1) is 0 Å². The van der Waals surface area contributed by atoms with Crippen LogP contribution < -0.4 is 0 Å². The van der Waals surface area contributed by atoms with E-state index in [0.29, 0.717) is 20.8 Å². The van der Waals surface area contributed by atoms with Crippen LogP contribution in [0.3, 0.4) is 0 Å². The number of carbonyl (C=O) groups is 2. The number of thioether (sulfide) groups is 1. The Balaban J connectivity index is 1.46. The van der Waals surface area contributed by atoms with E-state index in [9.17, 15) is 9.59 Å². The van der Waals surface area contributed by atoms with Crippen LogP contribution in [0.1, 0.15) is 11.3 Å². The molecule has 0 radical (unpaired) electrons. The lowest BCUT2D eigenvalue weighted by atomic mass is 10.2. The van der Waals surface area contributed by atoms with Gasteiger partial charge in [0.15, 0.2) is 5.09 Å². The summed E-state index contributed by atoms with van der Waals surface area (Å²) >= 11 is 10.5. The van der Waals surface area contributed by atoms with Crippen molar-refractivity contribution >= 4 is 74.9 Å². The van der Waals surface area contributed by atoms with Gasteiger partial charge in [0.25, 0.3) is 11.1 Å². The first-order valence-electron chi connectivity index (χ1n) is 8.51. The molecule has 146 valence electrons. The highest BCUT2D eigenvalue weighted by atomic mass is 127. The average molecular weight is 554 g/mol. The Morgan fingerprint density at radius 1 is 1.03 bits per heavy atom. The molecular weight excluding hydrogens is 541 g/mol. The molecule has 2 heterocycles. The molecule has 0 saturated carbocycles. The number of benzene rings is 2. The van der Waals surface area contributed by atoms with E-state index in [4.69, 9.17) is 16.0 Å². The number of rotatable bonds is 5. The third-order valence-corrected chi connectivity index (χ3v) is 6.84. The largest absolute Gasteiger partial charge is 0.450 e. The summed E-state index contributed by atoms with van der Waals surface area (Å²) < 4.78 is 6.89. The highest BCUT2D eigenvalue weighted by Crippen LogP contribution is 2.35. The van der Waals surface area contributed by atoms with E-state index in [1.165, 1.54) is 16.7 Å². The van der Waals surface area contributed by atoms with Crippen molar-refractivity contribution in [2.75, 3.05) is 0 Å². The number of imide groups is 1. The van der Waals surface area contributed by atoms with E-state index in [1.807, 2.05) is 54.6 Å². The predicted octanol–water partition coefficient (Wildman–Crippen LogP) is 6.93. The van der Waals surface area contributed by atoms with Gasteiger partial charge in [-0.3, -0.25) is 14.5 Å². The molecule has 8 heteroatoms. The molecule has 0 N–H and O–H groups in total. The number of hydrogen-bond donors (Lipinski definition) is 0. The Bertz CT molecular complexity index is 1090. The first kappa shape index (κ1) is 20.6. The van der Waals surface area contributed by atoms with Crippen LogP contribution in [0.2, 0.25) is 5.02 Å². The molecule has 0 atom stereocenters. The second-order valence-electron chi connectivity index (χ2n) is 6.11. The van der Waals surface area contributed by atoms with Crippen LogP contribution in [0.4, 0.5) is 4.79 Å². The number of halogens is 2. The maximum atomic E-state index is 12.7.